The number of rotatable bonds is 3. The number of nitrogen functional groups attached to an aromatic ring is 1. The molecule has 1 aromatic carbocycles. The van der Waals surface area contributed by atoms with Gasteiger partial charge in [0.25, 0.3) is 0 Å². The molecule has 1 fully saturated rings. The maximum Gasteiger partial charge on any atom is 0.177 e. The second kappa shape index (κ2) is 7.39. The molecule has 3 N–H and O–H groups in total. The first-order valence-electron chi connectivity index (χ1n) is 10.5. The molecule has 0 aliphatic heterocycles. The highest BCUT2D eigenvalue weighted by Crippen LogP contribution is 2.41. The fourth-order valence-corrected chi connectivity index (χ4v) is 5.32. The molecule has 9 heteroatoms. The van der Waals surface area contributed by atoms with Crippen molar-refractivity contribution in [3.8, 4) is 22.5 Å². The number of aliphatic hydroxyl groups excluding tert-OH is 1. The zero-order chi connectivity index (χ0) is 21.8. The van der Waals surface area contributed by atoms with Crippen LogP contribution in [0.15, 0.2) is 47.4 Å². The quantitative estimate of drug-likeness (QED) is 0.394. The lowest BCUT2D eigenvalue weighted by Gasteiger charge is -2.25. The average Bonchev–Trinajstić information content (AvgIpc) is 3.54. The highest BCUT2D eigenvalue weighted by atomic mass is 32.1. The van der Waals surface area contributed by atoms with Crippen LogP contribution in [0.4, 0.5) is 10.2 Å². The molecule has 0 bridgehead atoms. The number of pyridine rings is 1. The number of aliphatic hydroxyl groups is 1. The summed E-state index contributed by atoms with van der Waals surface area (Å²) in [5, 5.41) is 16.0. The van der Waals surface area contributed by atoms with Gasteiger partial charge in [-0.05, 0) is 55.4 Å². The van der Waals surface area contributed by atoms with Crippen molar-refractivity contribution in [1.29, 1.82) is 0 Å². The van der Waals surface area contributed by atoms with Crippen molar-refractivity contribution >= 4 is 38.4 Å². The Morgan fingerprint density at radius 2 is 2.00 bits per heavy atom. The Kier molecular flexibility index (Phi) is 4.48. The van der Waals surface area contributed by atoms with Gasteiger partial charge in [-0.3, -0.25) is 4.68 Å². The molecule has 7 nitrogen and oxygen atoms in total. The number of nitrogens with two attached hydrogens (primary N) is 1. The van der Waals surface area contributed by atoms with Crippen LogP contribution in [0, 0.1) is 5.82 Å². The monoisotopic (exact) mass is 449 g/mol. The third-order valence-electron chi connectivity index (χ3n) is 6.26. The van der Waals surface area contributed by atoms with Crippen LogP contribution < -0.4 is 5.73 Å². The van der Waals surface area contributed by atoms with E-state index in [0.29, 0.717) is 16.9 Å². The van der Waals surface area contributed by atoms with Gasteiger partial charge in [-0.1, -0.05) is 0 Å². The topological polar surface area (TPSA) is 103 Å². The highest BCUT2D eigenvalue weighted by Gasteiger charge is 2.23. The zero-order valence-electron chi connectivity index (χ0n) is 17.0. The van der Waals surface area contributed by atoms with Crippen LogP contribution in [0.5, 0.6) is 0 Å². The van der Waals surface area contributed by atoms with E-state index in [1.165, 1.54) is 17.6 Å². The zero-order valence-corrected chi connectivity index (χ0v) is 17.8. The van der Waals surface area contributed by atoms with Crippen LogP contribution in [0.2, 0.25) is 0 Å². The predicted octanol–water partition coefficient (Wildman–Crippen LogP) is 5.17. The fourth-order valence-electron chi connectivity index (χ4n) is 4.54. The van der Waals surface area contributed by atoms with Gasteiger partial charge < -0.3 is 15.3 Å². The van der Waals surface area contributed by atoms with Gasteiger partial charge in [-0.15, -0.1) is 0 Å². The highest BCUT2D eigenvalue weighted by molar-refractivity contribution is 7.13. The summed E-state index contributed by atoms with van der Waals surface area (Å²) in [6.45, 7) is 0. The van der Waals surface area contributed by atoms with Gasteiger partial charge in [-0.25, -0.2) is 9.37 Å². The first-order chi connectivity index (χ1) is 15.6. The van der Waals surface area contributed by atoms with Crippen LogP contribution in [0.25, 0.3) is 43.5 Å². The molecule has 6 rings (SSSR count). The molecule has 0 spiro atoms. The van der Waals surface area contributed by atoms with Crippen LogP contribution in [-0.2, 0) is 0 Å². The summed E-state index contributed by atoms with van der Waals surface area (Å²) in [6.07, 6.45) is 10.4. The molecule has 32 heavy (non-hydrogen) atoms. The van der Waals surface area contributed by atoms with Crippen molar-refractivity contribution in [3.63, 3.8) is 0 Å². The minimum absolute atomic E-state index is 0.213. The van der Waals surface area contributed by atoms with Crippen molar-refractivity contribution in [3.05, 3.63) is 48.8 Å². The van der Waals surface area contributed by atoms with E-state index in [1.807, 2.05) is 16.9 Å². The summed E-state index contributed by atoms with van der Waals surface area (Å²) in [5.74, 6) is 0.267. The lowest BCUT2D eigenvalue weighted by Crippen LogP contribution is -2.21. The van der Waals surface area contributed by atoms with Crippen molar-refractivity contribution in [2.24, 2.45) is 0 Å². The summed E-state index contributed by atoms with van der Waals surface area (Å²) >= 11 is 1.23. The molecule has 5 aromatic rings. The van der Waals surface area contributed by atoms with E-state index in [0.717, 1.165) is 52.3 Å². The molecule has 0 saturated heterocycles. The van der Waals surface area contributed by atoms with Crippen LogP contribution >= 0.6 is 11.5 Å². The smallest absolute Gasteiger partial charge is 0.177 e. The van der Waals surface area contributed by atoms with E-state index in [1.54, 1.807) is 24.7 Å². The molecule has 1 aliphatic carbocycles. The van der Waals surface area contributed by atoms with E-state index in [4.69, 9.17) is 10.2 Å². The number of hydrogen-bond donors (Lipinski definition) is 2. The summed E-state index contributed by atoms with van der Waals surface area (Å²) < 4.78 is 27.7. The number of hydrogen-bond acceptors (Lipinski definition) is 7. The predicted molar refractivity (Wildman–Crippen MR) is 122 cm³/mol. The van der Waals surface area contributed by atoms with E-state index in [9.17, 15) is 9.50 Å². The van der Waals surface area contributed by atoms with Gasteiger partial charge in [-0.2, -0.15) is 9.47 Å². The molecule has 4 heterocycles. The third-order valence-corrected chi connectivity index (χ3v) is 7.09. The van der Waals surface area contributed by atoms with Gasteiger partial charge in [0, 0.05) is 40.5 Å². The Labute approximate surface area is 186 Å². The summed E-state index contributed by atoms with van der Waals surface area (Å²) in [5.41, 5.74) is 8.62. The van der Waals surface area contributed by atoms with Crippen molar-refractivity contribution in [1.82, 2.24) is 19.1 Å². The molecule has 0 unspecified atom stereocenters. The fraction of sp³-hybridized carbons (Fsp3) is 0.261. The van der Waals surface area contributed by atoms with Crippen LogP contribution in [0.3, 0.4) is 0 Å². The second-order valence-corrected chi connectivity index (χ2v) is 9.05. The lowest BCUT2D eigenvalue weighted by molar-refractivity contribution is 0.108. The standard InChI is InChI=1S/C23H20FN5O2S/c24-18-6-1-12-9-28-32-22(12)20(18)19-7-16-17(10-26-23(25)21(16)31-19)13-8-27-29(11-13)14-2-4-15(30)5-3-14/h1,6-11,14-15,30H,2-5H2,(H2,25,26)/t14-,15-. The summed E-state index contributed by atoms with van der Waals surface area (Å²) in [4.78, 5) is 4.31. The Hall–Kier alpha value is -3.30. The van der Waals surface area contributed by atoms with Crippen LogP contribution in [-0.4, -0.2) is 30.3 Å². The minimum Gasteiger partial charge on any atom is -0.452 e. The first kappa shape index (κ1) is 19.4. The van der Waals surface area contributed by atoms with Crippen molar-refractivity contribution in [2.45, 2.75) is 37.8 Å². The molecular weight excluding hydrogens is 429 g/mol. The van der Waals surface area contributed by atoms with Crippen molar-refractivity contribution < 1.29 is 13.9 Å². The van der Waals surface area contributed by atoms with Gasteiger partial charge in [0.05, 0.1) is 28.6 Å². The largest absolute Gasteiger partial charge is 0.452 e. The normalized spacial score (nSPS) is 19.2. The Bertz CT molecular complexity index is 1450. The lowest BCUT2D eigenvalue weighted by atomic mass is 9.93. The van der Waals surface area contributed by atoms with E-state index >= 15 is 0 Å². The number of anilines is 1. The maximum atomic E-state index is 14.8. The van der Waals surface area contributed by atoms with Gasteiger partial charge in [0.15, 0.2) is 11.4 Å². The summed E-state index contributed by atoms with van der Waals surface area (Å²) in [7, 11) is 0. The third kappa shape index (κ3) is 3.08. The van der Waals surface area contributed by atoms with Gasteiger partial charge in [0.1, 0.15) is 11.6 Å². The first-order valence-corrected chi connectivity index (χ1v) is 11.3. The molecule has 1 saturated carbocycles. The van der Waals surface area contributed by atoms with Crippen LogP contribution in [0.1, 0.15) is 31.7 Å². The minimum atomic E-state index is -0.374. The second-order valence-electron chi connectivity index (χ2n) is 8.25. The van der Waals surface area contributed by atoms with E-state index in [2.05, 4.69) is 14.5 Å². The van der Waals surface area contributed by atoms with Gasteiger partial charge >= 0.3 is 0 Å². The number of furan rings is 1. The SMILES string of the molecule is Nc1ncc(-c2cnn([C@H]3CC[C@H](O)CC3)c2)c2cc(-c3c(F)ccc4cnsc34)oc12. The molecular formula is C23H20FN5O2S. The van der Waals surface area contributed by atoms with E-state index in [-0.39, 0.29) is 23.8 Å². The Morgan fingerprint density at radius 3 is 2.84 bits per heavy atom. The molecule has 162 valence electrons. The van der Waals surface area contributed by atoms with Gasteiger partial charge in [0.2, 0.25) is 0 Å². The Morgan fingerprint density at radius 1 is 1.16 bits per heavy atom. The number of fused-ring (bicyclic) bond motifs is 2. The molecule has 0 radical (unpaired) electrons. The number of aromatic nitrogens is 4. The van der Waals surface area contributed by atoms with Crippen molar-refractivity contribution in [2.75, 3.05) is 5.73 Å². The average molecular weight is 450 g/mol. The number of nitrogens with zero attached hydrogens (tertiary/aromatic N) is 4. The number of halogens is 1. The summed E-state index contributed by atoms with van der Waals surface area (Å²) in [6, 6.07) is 5.21. The molecule has 1 aliphatic rings. The number of benzene rings is 1. The molecule has 4 aromatic heterocycles. The molecule has 0 amide bonds. The van der Waals surface area contributed by atoms with E-state index < -0.39 is 0 Å². The Balaban J connectivity index is 1.46. The maximum absolute atomic E-state index is 14.8. The molecule has 0 atom stereocenters.